The first-order chi connectivity index (χ1) is 19.0. The van der Waals surface area contributed by atoms with Crippen LogP contribution in [0.25, 0.3) is 44.0 Å². The predicted octanol–water partition coefficient (Wildman–Crippen LogP) is 9.16. The maximum Gasteiger partial charge on any atom is 0.163 e. The Hall–Kier alpha value is -3.79. The van der Waals surface area contributed by atoms with Gasteiger partial charge in [-0.25, -0.2) is 0 Å². The van der Waals surface area contributed by atoms with E-state index in [0.717, 1.165) is 38.6 Å². The van der Waals surface area contributed by atoms with Gasteiger partial charge in [-0.05, 0) is 72.0 Å². The molecule has 0 unspecified atom stereocenters. The Kier molecular flexibility index (Phi) is 8.16. The van der Waals surface area contributed by atoms with Crippen molar-refractivity contribution in [3.8, 4) is 17.0 Å². The van der Waals surface area contributed by atoms with Crippen molar-refractivity contribution in [1.82, 2.24) is 4.98 Å². The molecule has 2 aromatic heterocycles. The average molecular weight is 705 g/mol. The zero-order valence-corrected chi connectivity index (χ0v) is 24.9. The minimum absolute atomic E-state index is 0. The molecule has 0 spiro atoms. The van der Waals surface area contributed by atoms with E-state index >= 15 is 0 Å². The SMILES string of the molecule is CC(=O)c1ccccc1O.Cc1c[c-]c(-c2nccc3cc(C4CCCC4)ccc23)c2oc3ccccc3c12.[Ir]. The van der Waals surface area contributed by atoms with Crippen molar-refractivity contribution in [3.05, 3.63) is 108 Å². The van der Waals surface area contributed by atoms with Crippen LogP contribution in [0, 0.1) is 13.0 Å². The average Bonchev–Trinajstić information content (AvgIpc) is 3.62. The smallest absolute Gasteiger partial charge is 0.163 e. The van der Waals surface area contributed by atoms with Gasteiger partial charge in [0, 0.05) is 31.7 Å². The van der Waals surface area contributed by atoms with E-state index in [1.54, 1.807) is 18.2 Å². The van der Waals surface area contributed by atoms with Gasteiger partial charge < -0.3 is 14.5 Å². The summed E-state index contributed by atoms with van der Waals surface area (Å²) < 4.78 is 6.30. The standard InChI is InChI=1S/C27H22NO.C8H8O2.Ir/c1-17-10-12-23(27-25(17)22-8-4-5-9-24(22)29-27)26-21-13-11-19(18-6-2-3-7-18)16-20(21)14-15-28-26;1-6(9)7-4-2-3-5-8(7)10;/h4-5,8-11,13-16,18H,2-3,6-7H2,1H3;2-5,10H,1H3;/q-1;;. The Labute approximate surface area is 247 Å². The van der Waals surface area contributed by atoms with E-state index in [1.165, 1.54) is 55.2 Å². The third-order valence-corrected chi connectivity index (χ3v) is 7.79. The zero-order chi connectivity index (χ0) is 26.9. The Balaban J connectivity index is 0.000000251. The largest absolute Gasteiger partial charge is 0.507 e. The topological polar surface area (TPSA) is 63.3 Å². The van der Waals surface area contributed by atoms with Crippen LogP contribution >= 0.6 is 0 Å². The van der Waals surface area contributed by atoms with E-state index in [9.17, 15) is 4.79 Å². The molecule has 1 saturated carbocycles. The predicted molar refractivity (Wildman–Crippen MR) is 157 cm³/mol. The number of aromatic hydroxyl groups is 1. The summed E-state index contributed by atoms with van der Waals surface area (Å²) in [6.07, 6.45) is 7.25. The van der Waals surface area contributed by atoms with Gasteiger partial charge in [0.1, 0.15) is 11.3 Å². The van der Waals surface area contributed by atoms with E-state index in [4.69, 9.17) is 14.5 Å². The van der Waals surface area contributed by atoms with Crippen LogP contribution in [0.4, 0.5) is 0 Å². The number of nitrogens with zero attached hydrogens (tertiary/aromatic N) is 1. The molecule has 4 aromatic carbocycles. The number of benzene rings is 4. The second-order valence-electron chi connectivity index (χ2n) is 10.3. The number of rotatable bonds is 3. The molecule has 203 valence electrons. The van der Waals surface area contributed by atoms with Gasteiger partial charge in [-0.1, -0.05) is 79.2 Å². The number of pyridine rings is 1. The van der Waals surface area contributed by atoms with Crippen LogP contribution in [-0.2, 0) is 20.1 Å². The van der Waals surface area contributed by atoms with Crippen LogP contribution in [0.5, 0.6) is 5.75 Å². The second kappa shape index (κ2) is 11.8. The molecule has 1 aliphatic carbocycles. The molecule has 0 aliphatic heterocycles. The molecule has 4 nitrogen and oxygen atoms in total. The van der Waals surface area contributed by atoms with E-state index < -0.39 is 0 Å². The number of aromatic nitrogens is 1. The molecule has 1 aliphatic rings. The molecule has 0 atom stereocenters. The van der Waals surface area contributed by atoms with Crippen LogP contribution in [0.3, 0.4) is 0 Å². The van der Waals surface area contributed by atoms with Gasteiger partial charge in [-0.15, -0.1) is 17.7 Å². The van der Waals surface area contributed by atoms with Crippen molar-refractivity contribution in [2.24, 2.45) is 0 Å². The quantitative estimate of drug-likeness (QED) is 0.148. The first kappa shape index (κ1) is 27.8. The number of fused-ring (bicyclic) bond motifs is 4. The third-order valence-electron chi connectivity index (χ3n) is 7.79. The maximum absolute atomic E-state index is 10.7. The van der Waals surface area contributed by atoms with Gasteiger partial charge >= 0.3 is 0 Å². The van der Waals surface area contributed by atoms with Gasteiger partial charge in [0.2, 0.25) is 0 Å². The number of carbonyl (C=O) groups is 1. The number of hydrogen-bond donors (Lipinski definition) is 1. The molecule has 0 saturated heterocycles. The van der Waals surface area contributed by atoms with Gasteiger partial charge in [0.05, 0.1) is 11.1 Å². The van der Waals surface area contributed by atoms with Gasteiger partial charge in [0.15, 0.2) is 5.78 Å². The molecule has 1 N–H and O–H groups in total. The summed E-state index contributed by atoms with van der Waals surface area (Å²) >= 11 is 0. The fourth-order valence-electron chi connectivity index (χ4n) is 5.79. The molecule has 5 heteroatoms. The van der Waals surface area contributed by atoms with Crippen LogP contribution in [-0.4, -0.2) is 15.9 Å². The fourth-order valence-corrected chi connectivity index (χ4v) is 5.79. The fraction of sp³-hybridized carbons (Fsp3) is 0.200. The molecule has 2 heterocycles. The van der Waals surface area contributed by atoms with E-state index in [-0.39, 0.29) is 31.6 Å². The van der Waals surface area contributed by atoms with E-state index in [2.05, 4.69) is 55.5 Å². The molecule has 40 heavy (non-hydrogen) atoms. The second-order valence-corrected chi connectivity index (χ2v) is 10.3. The van der Waals surface area contributed by atoms with E-state index in [1.807, 2.05) is 18.3 Å². The zero-order valence-electron chi connectivity index (χ0n) is 22.5. The summed E-state index contributed by atoms with van der Waals surface area (Å²) in [4.78, 5) is 15.5. The van der Waals surface area contributed by atoms with Gasteiger partial charge in [-0.3, -0.25) is 4.79 Å². The molecular weight excluding hydrogens is 675 g/mol. The van der Waals surface area contributed by atoms with Crippen molar-refractivity contribution in [2.45, 2.75) is 45.4 Å². The third kappa shape index (κ3) is 5.20. The molecular formula is C35H30IrNO3-. The first-order valence-electron chi connectivity index (χ1n) is 13.5. The number of furan rings is 1. The molecule has 0 amide bonds. The van der Waals surface area contributed by atoms with Gasteiger partial charge in [0.25, 0.3) is 0 Å². The monoisotopic (exact) mass is 705 g/mol. The van der Waals surface area contributed by atoms with E-state index in [0.29, 0.717) is 11.5 Å². The van der Waals surface area contributed by atoms with Crippen molar-refractivity contribution in [1.29, 1.82) is 0 Å². The molecule has 7 rings (SSSR count). The Morgan fingerprint density at radius 2 is 1.73 bits per heavy atom. The van der Waals surface area contributed by atoms with Crippen LogP contribution < -0.4 is 0 Å². The molecule has 6 aromatic rings. The van der Waals surface area contributed by atoms with Gasteiger partial charge in [-0.2, -0.15) is 0 Å². The number of hydrogen-bond acceptors (Lipinski definition) is 4. The Bertz CT molecular complexity index is 1830. The summed E-state index contributed by atoms with van der Waals surface area (Å²) in [7, 11) is 0. The number of ketones is 1. The van der Waals surface area contributed by atoms with Crippen LogP contribution in [0.15, 0.2) is 89.5 Å². The Morgan fingerprint density at radius 3 is 2.48 bits per heavy atom. The number of Topliss-reactive ketones (excluding diaryl/α,β-unsaturated/α-hetero) is 1. The first-order valence-corrected chi connectivity index (χ1v) is 13.5. The molecule has 1 fully saturated rings. The number of carbonyl (C=O) groups excluding carboxylic acids is 1. The normalized spacial score (nSPS) is 13.2. The molecule has 1 radical (unpaired) electrons. The Morgan fingerprint density at radius 1 is 0.975 bits per heavy atom. The minimum atomic E-state index is -0.113. The van der Waals surface area contributed by atoms with Crippen molar-refractivity contribution < 1.29 is 34.4 Å². The summed E-state index contributed by atoms with van der Waals surface area (Å²) in [5, 5.41) is 13.8. The number of phenolic OH excluding ortho intramolecular Hbond substituents is 1. The molecule has 0 bridgehead atoms. The van der Waals surface area contributed by atoms with Crippen molar-refractivity contribution >= 4 is 38.5 Å². The summed E-state index contributed by atoms with van der Waals surface area (Å²) in [5.41, 5.74) is 6.71. The summed E-state index contributed by atoms with van der Waals surface area (Å²) in [6.45, 7) is 3.55. The van der Waals surface area contributed by atoms with Crippen molar-refractivity contribution in [3.63, 3.8) is 0 Å². The summed E-state index contributed by atoms with van der Waals surface area (Å²) in [6, 6.07) is 29.3. The van der Waals surface area contributed by atoms with Crippen LogP contribution in [0.1, 0.15) is 60.0 Å². The number of aryl methyl sites for hydroxylation is 1. The minimum Gasteiger partial charge on any atom is -0.507 e. The maximum atomic E-state index is 10.7. The van der Waals surface area contributed by atoms with Crippen LogP contribution in [0.2, 0.25) is 0 Å². The van der Waals surface area contributed by atoms with Crippen molar-refractivity contribution in [2.75, 3.05) is 0 Å². The summed E-state index contributed by atoms with van der Waals surface area (Å²) in [5.74, 6) is 0.650. The number of para-hydroxylation sites is 2. The number of phenols is 1.